The molecule has 98 valence electrons. The molecule has 1 aromatic rings. The lowest BCUT2D eigenvalue weighted by Crippen LogP contribution is -2.60. The highest BCUT2D eigenvalue weighted by molar-refractivity contribution is 6.30. The van der Waals surface area contributed by atoms with E-state index in [0.29, 0.717) is 11.6 Å². The second-order valence-corrected chi connectivity index (χ2v) is 5.01. The molecule has 0 aromatic heterocycles. The Balaban J connectivity index is 2.37. The fourth-order valence-corrected chi connectivity index (χ4v) is 2.51. The number of ether oxygens (including phenoxy) is 2. The number of benzene rings is 1. The first kappa shape index (κ1) is 13.4. The Kier molecular flexibility index (Phi) is 3.64. The molecule has 1 aromatic carbocycles. The van der Waals surface area contributed by atoms with E-state index >= 15 is 0 Å². The first-order valence-corrected chi connectivity index (χ1v) is 6.51. The van der Waals surface area contributed by atoms with Gasteiger partial charge in [-0.15, -0.1) is 0 Å². The molecule has 1 saturated heterocycles. The van der Waals surface area contributed by atoms with Crippen LogP contribution in [0.15, 0.2) is 24.3 Å². The summed E-state index contributed by atoms with van der Waals surface area (Å²) in [5.74, 6) is -0.240. The molecule has 4 heteroatoms. The summed E-state index contributed by atoms with van der Waals surface area (Å²) in [6, 6.07) is 7.16. The molecular formula is C14H17ClO3. The molecule has 1 fully saturated rings. The van der Waals surface area contributed by atoms with Gasteiger partial charge in [0.05, 0.1) is 12.7 Å². The fraction of sp³-hybridized carbons (Fsp3) is 0.500. The maximum Gasteiger partial charge on any atom is 0.343 e. The summed E-state index contributed by atoms with van der Waals surface area (Å²) in [5.41, 5.74) is -0.170. The number of esters is 1. The number of hydrogen-bond acceptors (Lipinski definition) is 3. The molecule has 0 radical (unpaired) electrons. The van der Waals surface area contributed by atoms with Crippen molar-refractivity contribution in [3.05, 3.63) is 34.9 Å². The molecule has 0 aliphatic carbocycles. The van der Waals surface area contributed by atoms with Crippen LogP contribution in [0.3, 0.4) is 0 Å². The second-order valence-electron chi connectivity index (χ2n) is 4.57. The quantitative estimate of drug-likeness (QED) is 0.790. The van der Waals surface area contributed by atoms with Gasteiger partial charge < -0.3 is 9.47 Å². The van der Waals surface area contributed by atoms with Crippen molar-refractivity contribution >= 4 is 17.6 Å². The van der Waals surface area contributed by atoms with Crippen LogP contribution in [-0.2, 0) is 19.9 Å². The van der Waals surface area contributed by atoms with Crippen molar-refractivity contribution < 1.29 is 14.3 Å². The van der Waals surface area contributed by atoms with E-state index in [9.17, 15) is 4.79 Å². The first-order valence-electron chi connectivity index (χ1n) is 6.13. The van der Waals surface area contributed by atoms with Crippen molar-refractivity contribution in [3.63, 3.8) is 0 Å². The zero-order valence-electron chi connectivity index (χ0n) is 10.8. The van der Waals surface area contributed by atoms with Gasteiger partial charge in [0.1, 0.15) is 0 Å². The van der Waals surface area contributed by atoms with Crippen molar-refractivity contribution in [2.75, 3.05) is 6.61 Å². The lowest BCUT2D eigenvalue weighted by atomic mass is 9.74. The van der Waals surface area contributed by atoms with Gasteiger partial charge in [0.25, 0.3) is 0 Å². The van der Waals surface area contributed by atoms with E-state index in [2.05, 4.69) is 0 Å². The molecule has 3 atom stereocenters. The van der Waals surface area contributed by atoms with Crippen molar-refractivity contribution in [3.8, 4) is 0 Å². The summed E-state index contributed by atoms with van der Waals surface area (Å²) in [4.78, 5) is 12.2. The van der Waals surface area contributed by atoms with Gasteiger partial charge in [0, 0.05) is 10.9 Å². The van der Waals surface area contributed by atoms with Crippen LogP contribution in [0.4, 0.5) is 0 Å². The number of rotatable bonds is 3. The summed E-state index contributed by atoms with van der Waals surface area (Å²) < 4.78 is 10.9. The Morgan fingerprint density at radius 2 is 2.00 bits per heavy atom. The van der Waals surface area contributed by atoms with Gasteiger partial charge in [-0.2, -0.15) is 0 Å². The van der Waals surface area contributed by atoms with Gasteiger partial charge in [0.15, 0.2) is 5.60 Å². The lowest BCUT2D eigenvalue weighted by molar-refractivity contribution is -0.261. The van der Waals surface area contributed by atoms with Crippen molar-refractivity contribution in [1.29, 1.82) is 0 Å². The van der Waals surface area contributed by atoms with E-state index < -0.39 is 5.60 Å². The summed E-state index contributed by atoms with van der Waals surface area (Å²) in [6.07, 6.45) is 0.0464. The normalized spacial score (nSPS) is 30.7. The average Bonchev–Trinajstić information content (AvgIpc) is 2.36. The van der Waals surface area contributed by atoms with Gasteiger partial charge in [-0.05, 0) is 31.5 Å². The Morgan fingerprint density at radius 3 is 2.44 bits per heavy atom. The molecule has 1 aliphatic rings. The smallest absolute Gasteiger partial charge is 0.343 e. The Morgan fingerprint density at radius 1 is 1.39 bits per heavy atom. The van der Waals surface area contributed by atoms with Crippen LogP contribution in [-0.4, -0.2) is 18.7 Å². The van der Waals surface area contributed by atoms with Gasteiger partial charge in [-0.25, -0.2) is 4.79 Å². The highest BCUT2D eigenvalue weighted by Gasteiger charge is 2.58. The highest BCUT2D eigenvalue weighted by atomic mass is 35.5. The monoisotopic (exact) mass is 268 g/mol. The van der Waals surface area contributed by atoms with Crippen LogP contribution in [0, 0.1) is 5.92 Å². The van der Waals surface area contributed by atoms with E-state index in [0.717, 1.165) is 5.56 Å². The molecular weight excluding hydrogens is 252 g/mol. The summed E-state index contributed by atoms with van der Waals surface area (Å²) >= 11 is 5.87. The molecule has 0 unspecified atom stereocenters. The van der Waals surface area contributed by atoms with Crippen LogP contribution in [0.1, 0.15) is 26.3 Å². The molecule has 0 amide bonds. The van der Waals surface area contributed by atoms with Crippen LogP contribution >= 0.6 is 11.6 Å². The van der Waals surface area contributed by atoms with Gasteiger partial charge in [0.2, 0.25) is 0 Å². The van der Waals surface area contributed by atoms with E-state index in [4.69, 9.17) is 21.1 Å². The maximum absolute atomic E-state index is 12.2. The Bertz CT molecular complexity index is 443. The first-order chi connectivity index (χ1) is 8.52. The van der Waals surface area contributed by atoms with E-state index in [1.54, 1.807) is 19.1 Å². The van der Waals surface area contributed by atoms with Gasteiger partial charge in [-0.1, -0.05) is 30.7 Å². The number of carbonyl (C=O) groups excluding carboxylic acids is 1. The highest BCUT2D eigenvalue weighted by Crippen LogP contribution is 2.47. The third-order valence-electron chi connectivity index (χ3n) is 3.57. The predicted molar refractivity (Wildman–Crippen MR) is 69.5 cm³/mol. The SMILES string of the molecule is CCOC(=O)[C@@]1(c2ccc(Cl)cc2)O[C@H](C)[C@H]1C. The zero-order chi connectivity index (χ0) is 13.3. The number of carbonyl (C=O) groups is 1. The van der Waals surface area contributed by atoms with Gasteiger partial charge >= 0.3 is 5.97 Å². The van der Waals surface area contributed by atoms with Crippen molar-refractivity contribution in [1.82, 2.24) is 0 Å². The van der Waals surface area contributed by atoms with E-state index in [1.165, 1.54) is 0 Å². The fourth-order valence-electron chi connectivity index (χ4n) is 2.38. The summed E-state index contributed by atoms with van der Waals surface area (Å²) in [5, 5.41) is 0.637. The molecule has 0 bridgehead atoms. The van der Waals surface area contributed by atoms with E-state index in [1.807, 2.05) is 26.0 Å². The Hall–Kier alpha value is -1.06. The molecule has 18 heavy (non-hydrogen) atoms. The minimum atomic E-state index is -0.972. The minimum absolute atomic E-state index is 0.0464. The van der Waals surface area contributed by atoms with Crippen molar-refractivity contribution in [2.45, 2.75) is 32.5 Å². The third kappa shape index (κ3) is 1.91. The van der Waals surface area contributed by atoms with Crippen LogP contribution in [0.25, 0.3) is 0 Å². The van der Waals surface area contributed by atoms with Crippen molar-refractivity contribution in [2.24, 2.45) is 5.92 Å². The van der Waals surface area contributed by atoms with Crippen LogP contribution < -0.4 is 0 Å². The molecule has 1 heterocycles. The molecule has 0 spiro atoms. The molecule has 0 N–H and O–H groups in total. The largest absolute Gasteiger partial charge is 0.464 e. The summed E-state index contributed by atoms with van der Waals surface area (Å²) in [6.45, 7) is 6.09. The zero-order valence-corrected chi connectivity index (χ0v) is 11.5. The molecule has 3 nitrogen and oxygen atoms in total. The molecule has 0 saturated carbocycles. The van der Waals surface area contributed by atoms with Crippen LogP contribution in [0.2, 0.25) is 5.02 Å². The molecule has 2 rings (SSSR count). The summed E-state index contributed by atoms with van der Waals surface area (Å²) in [7, 11) is 0. The number of halogens is 1. The van der Waals surface area contributed by atoms with E-state index in [-0.39, 0.29) is 18.0 Å². The van der Waals surface area contributed by atoms with Crippen LogP contribution in [0.5, 0.6) is 0 Å². The lowest BCUT2D eigenvalue weighted by Gasteiger charge is -2.50. The predicted octanol–water partition coefficient (Wildman–Crippen LogP) is 3.15. The topological polar surface area (TPSA) is 35.5 Å². The average molecular weight is 269 g/mol. The minimum Gasteiger partial charge on any atom is -0.464 e. The standard InChI is InChI=1S/C14H17ClO3/c1-4-17-13(16)14(9(2)10(3)18-14)11-5-7-12(15)8-6-11/h5-10H,4H2,1-3H3/t9-,10-,14-/m1/s1. The third-order valence-corrected chi connectivity index (χ3v) is 3.82. The second kappa shape index (κ2) is 4.90. The maximum atomic E-state index is 12.2. The molecule has 1 aliphatic heterocycles. The Labute approximate surface area is 112 Å². The van der Waals surface area contributed by atoms with Gasteiger partial charge in [-0.3, -0.25) is 0 Å². The number of hydrogen-bond donors (Lipinski definition) is 0.